The van der Waals surface area contributed by atoms with E-state index in [1.807, 2.05) is 0 Å². The van der Waals surface area contributed by atoms with E-state index in [-0.39, 0.29) is 11.5 Å². The molecule has 0 fully saturated rings. The van der Waals surface area contributed by atoms with Crippen molar-refractivity contribution < 1.29 is 9.72 Å². The van der Waals surface area contributed by atoms with E-state index in [9.17, 15) is 14.9 Å². The first-order chi connectivity index (χ1) is 6.06. The lowest BCUT2D eigenvalue weighted by atomic mass is 10.4. The summed E-state index contributed by atoms with van der Waals surface area (Å²) in [5.41, 5.74) is 0.0386. The third kappa shape index (κ3) is 1.63. The van der Waals surface area contributed by atoms with E-state index in [4.69, 9.17) is 0 Å². The zero-order valence-corrected chi connectivity index (χ0v) is 7.14. The summed E-state index contributed by atoms with van der Waals surface area (Å²) in [6.45, 7) is 0. The summed E-state index contributed by atoms with van der Waals surface area (Å²) in [7, 11) is 2.84. The van der Waals surface area contributed by atoms with Gasteiger partial charge in [0.1, 0.15) is 7.05 Å². The van der Waals surface area contributed by atoms with Crippen molar-refractivity contribution in [2.45, 2.75) is 0 Å². The van der Waals surface area contributed by atoms with Crippen molar-refractivity contribution in [3.8, 4) is 0 Å². The minimum atomic E-state index is -0.598. The van der Waals surface area contributed by atoms with Crippen LogP contribution in [0.15, 0.2) is 6.07 Å². The van der Waals surface area contributed by atoms with E-state index >= 15 is 0 Å². The molecule has 0 bridgehead atoms. The Morgan fingerprint density at radius 3 is 2.77 bits per heavy atom. The Morgan fingerprint density at radius 1 is 1.77 bits per heavy atom. The fourth-order valence-electron chi connectivity index (χ4n) is 0.867. The Labute approximate surface area is 73.5 Å². The molecule has 0 aromatic carbocycles. The van der Waals surface area contributed by atoms with Gasteiger partial charge in [-0.3, -0.25) is 4.79 Å². The predicted molar refractivity (Wildman–Crippen MR) is 43.3 cm³/mol. The fraction of sp³-hybridized carbons (Fsp3) is 0.333. The molecule has 0 atom stereocenters. The molecule has 1 heterocycles. The number of aryl methyl sites for hydroxylation is 1. The number of nitro groups is 1. The first-order valence-electron chi connectivity index (χ1n) is 3.46. The molecule has 0 radical (unpaired) electrons. The summed E-state index contributed by atoms with van der Waals surface area (Å²) in [6.07, 6.45) is 0. The van der Waals surface area contributed by atoms with Gasteiger partial charge in [0.25, 0.3) is 5.91 Å². The minimum Gasteiger partial charge on any atom is -0.358 e. The monoisotopic (exact) mass is 184 g/mol. The molecule has 1 aromatic heterocycles. The number of amides is 1. The lowest BCUT2D eigenvalue weighted by Gasteiger charge is -1.89. The topological polar surface area (TPSA) is 90.1 Å². The van der Waals surface area contributed by atoms with Crippen LogP contribution in [0.25, 0.3) is 0 Å². The highest BCUT2D eigenvalue weighted by Gasteiger charge is 2.18. The van der Waals surface area contributed by atoms with Gasteiger partial charge in [-0.25, -0.2) is 0 Å². The highest BCUT2D eigenvalue weighted by atomic mass is 16.6. The normalized spacial score (nSPS) is 9.69. The fourth-order valence-corrected chi connectivity index (χ4v) is 0.867. The van der Waals surface area contributed by atoms with Gasteiger partial charge in [0.15, 0.2) is 5.69 Å². The van der Waals surface area contributed by atoms with Gasteiger partial charge < -0.3 is 15.4 Å². The van der Waals surface area contributed by atoms with E-state index < -0.39 is 10.8 Å². The van der Waals surface area contributed by atoms with Crippen LogP contribution >= 0.6 is 0 Å². The number of rotatable bonds is 2. The first-order valence-corrected chi connectivity index (χ1v) is 3.46. The second kappa shape index (κ2) is 3.21. The van der Waals surface area contributed by atoms with Crippen molar-refractivity contribution >= 4 is 11.7 Å². The van der Waals surface area contributed by atoms with Gasteiger partial charge in [0.05, 0.1) is 6.07 Å². The Balaban J connectivity index is 3.09. The molecule has 0 saturated carbocycles. The molecule has 0 unspecified atom stereocenters. The van der Waals surface area contributed by atoms with Gasteiger partial charge in [0, 0.05) is 7.05 Å². The first kappa shape index (κ1) is 9.17. The van der Waals surface area contributed by atoms with Crippen molar-refractivity contribution in [1.82, 2.24) is 15.1 Å². The second-order valence-electron chi connectivity index (χ2n) is 2.35. The SMILES string of the molecule is CNC(=O)c1cc([N+](=O)[O-])n(C)n1. The number of nitrogens with one attached hydrogen (secondary N) is 1. The van der Waals surface area contributed by atoms with Gasteiger partial charge in [-0.2, -0.15) is 0 Å². The van der Waals surface area contributed by atoms with Crippen molar-refractivity contribution in [3.05, 3.63) is 21.9 Å². The van der Waals surface area contributed by atoms with Gasteiger partial charge in [-0.15, -0.1) is 4.68 Å². The smallest absolute Gasteiger partial charge is 0.345 e. The number of carbonyl (C=O) groups is 1. The van der Waals surface area contributed by atoms with E-state index in [0.29, 0.717) is 0 Å². The highest BCUT2D eigenvalue weighted by Crippen LogP contribution is 2.10. The van der Waals surface area contributed by atoms with Crippen molar-refractivity contribution in [2.75, 3.05) is 7.05 Å². The van der Waals surface area contributed by atoms with Gasteiger partial charge in [-0.1, -0.05) is 5.10 Å². The Hall–Kier alpha value is -1.92. The molecule has 1 amide bonds. The molecule has 0 spiro atoms. The van der Waals surface area contributed by atoms with Crippen LogP contribution in [0, 0.1) is 10.1 Å². The summed E-state index contributed by atoms with van der Waals surface area (Å²) < 4.78 is 1.05. The standard InChI is InChI=1S/C6H8N4O3/c1-7-6(11)4-3-5(10(12)13)9(2)8-4/h3H,1-2H3,(H,7,11). The number of hydrogen-bond donors (Lipinski definition) is 1. The highest BCUT2D eigenvalue weighted by molar-refractivity contribution is 5.92. The Bertz CT molecular complexity index is 357. The maximum atomic E-state index is 11.0. The van der Waals surface area contributed by atoms with E-state index in [1.54, 1.807) is 0 Å². The maximum absolute atomic E-state index is 11.0. The summed E-state index contributed by atoms with van der Waals surface area (Å²) in [6, 6.07) is 1.12. The van der Waals surface area contributed by atoms with Gasteiger partial charge in [0.2, 0.25) is 0 Å². The predicted octanol–water partition coefficient (Wildman–Crippen LogP) is -0.312. The van der Waals surface area contributed by atoms with E-state index in [0.717, 1.165) is 10.7 Å². The lowest BCUT2D eigenvalue weighted by Crippen LogP contribution is -2.18. The number of nitrogens with zero attached hydrogens (tertiary/aromatic N) is 3. The van der Waals surface area contributed by atoms with Crippen LogP contribution in [0.4, 0.5) is 5.82 Å². The Kier molecular flexibility index (Phi) is 2.27. The van der Waals surface area contributed by atoms with Crippen LogP contribution in [0.3, 0.4) is 0 Å². The summed E-state index contributed by atoms with van der Waals surface area (Å²) in [4.78, 5) is 20.8. The molecule has 1 rings (SSSR count). The van der Waals surface area contributed by atoms with Crippen LogP contribution < -0.4 is 5.32 Å². The molecular formula is C6H8N4O3. The molecule has 0 aliphatic carbocycles. The van der Waals surface area contributed by atoms with Gasteiger partial charge >= 0.3 is 5.82 Å². The molecule has 7 heteroatoms. The molecule has 0 aliphatic heterocycles. The molecule has 1 N–H and O–H groups in total. The number of carbonyl (C=O) groups excluding carboxylic acids is 1. The average Bonchev–Trinajstić information content (AvgIpc) is 2.46. The quantitative estimate of drug-likeness (QED) is 0.504. The summed E-state index contributed by atoms with van der Waals surface area (Å²) >= 11 is 0. The number of aromatic nitrogens is 2. The zero-order chi connectivity index (χ0) is 10.0. The third-order valence-electron chi connectivity index (χ3n) is 1.50. The molecular weight excluding hydrogens is 176 g/mol. The number of hydrogen-bond acceptors (Lipinski definition) is 4. The molecule has 0 aliphatic rings. The van der Waals surface area contributed by atoms with Crippen LogP contribution in [0.5, 0.6) is 0 Å². The van der Waals surface area contributed by atoms with Crippen molar-refractivity contribution in [2.24, 2.45) is 7.05 Å². The van der Waals surface area contributed by atoms with Gasteiger partial charge in [-0.05, 0) is 4.92 Å². The minimum absolute atomic E-state index is 0.0386. The molecule has 70 valence electrons. The van der Waals surface area contributed by atoms with Crippen LogP contribution in [-0.2, 0) is 7.05 Å². The lowest BCUT2D eigenvalue weighted by molar-refractivity contribution is -0.392. The largest absolute Gasteiger partial charge is 0.358 e. The van der Waals surface area contributed by atoms with Crippen LogP contribution in [-0.4, -0.2) is 27.7 Å². The molecule has 0 saturated heterocycles. The van der Waals surface area contributed by atoms with E-state index in [1.165, 1.54) is 14.1 Å². The zero-order valence-electron chi connectivity index (χ0n) is 7.14. The van der Waals surface area contributed by atoms with E-state index in [2.05, 4.69) is 10.4 Å². The van der Waals surface area contributed by atoms with Crippen molar-refractivity contribution in [1.29, 1.82) is 0 Å². The average molecular weight is 184 g/mol. The van der Waals surface area contributed by atoms with Crippen LogP contribution in [0.2, 0.25) is 0 Å². The maximum Gasteiger partial charge on any atom is 0.345 e. The third-order valence-corrected chi connectivity index (χ3v) is 1.50. The molecule has 13 heavy (non-hydrogen) atoms. The van der Waals surface area contributed by atoms with Crippen LogP contribution in [0.1, 0.15) is 10.5 Å². The summed E-state index contributed by atoms with van der Waals surface area (Å²) in [5, 5.41) is 16.3. The Morgan fingerprint density at radius 2 is 2.38 bits per heavy atom. The second-order valence-corrected chi connectivity index (χ2v) is 2.35. The van der Waals surface area contributed by atoms with Crippen molar-refractivity contribution in [3.63, 3.8) is 0 Å². The molecule has 1 aromatic rings. The summed E-state index contributed by atoms with van der Waals surface area (Å²) in [5.74, 6) is -0.651. The molecule has 7 nitrogen and oxygen atoms in total.